The molecule has 6 heteroatoms. The van der Waals surface area contributed by atoms with Crippen LogP contribution in [0.25, 0.3) is 92.2 Å². The molecule has 12 aromatic rings. The fourth-order valence-electron chi connectivity index (χ4n) is 8.32. The number of nitrogens with zero attached hydrogens (tertiary/aromatic N) is 3. The lowest BCUT2D eigenvalue weighted by Gasteiger charge is -2.26. The van der Waals surface area contributed by atoms with E-state index in [1.165, 1.54) is 36.5 Å². The van der Waals surface area contributed by atoms with Crippen molar-refractivity contribution in [2.75, 3.05) is 4.90 Å². The number of anilines is 3. The Balaban J connectivity index is 1.10. The maximum absolute atomic E-state index is 6.86. The van der Waals surface area contributed by atoms with Crippen LogP contribution in [0.15, 0.2) is 185 Å². The van der Waals surface area contributed by atoms with Crippen molar-refractivity contribution in [2.45, 2.75) is 0 Å². The van der Waals surface area contributed by atoms with E-state index in [0.29, 0.717) is 5.89 Å². The van der Waals surface area contributed by atoms with E-state index < -0.39 is 0 Å². The largest absolute Gasteiger partial charge is 0.454 e. The summed E-state index contributed by atoms with van der Waals surface area (Å²) >= 11 is 1.83. The maximum atomic E-state index is 6.86. The van der Waals surface area contributed by atoms with Gasteiger partial charge in [0.2, 0.25) is 5.89 Å². The van der Waals surface area contributed by atoms with Crippen LogP contribution in [0.5, 0.6) is 0 Å². The highest BCUT2D eigenvalue weighted by Crippen LogP contribution is 2.46. The highest BCUT2D eigenvalue weighted by Gasteiger charge is 2.23. The highest BCUT2D eigenvalue weighted by atomic mass is 32.1. The van der Waals surface area contributed by atoms with Crippen molar-refractivity contribution in [3.05, 3.63) is 176 Å². The molecular formula is C49H29N3O2S. The van der Waals surface area contributed by atoms with Crippen molar-refractivity contribution in [1.29, 1.82) is 0 Å². The van der Waals surface area contributed by atoms with Crippen LogP contribution in [0.1, 0.15) is 0 Å². The van der Waals surface area contributed by atoms with Gasteiger partial charge in [0.25, 0.3) is 0 Å². The number of fused-ring (bicyclic) bond motifs is 10. The van der Waals surface area contributed by atoms with Gasteiger partial charge in [-0.3, -0.25) is 0 Å². The molecule has 0 aliphatic carbocycles. The monoisotopic (exact) mass is 723 g/mol. The third-order valence-electron chi connectivity index (χ3n) is 10.8. The number of hydrogen-bond acceptors (Lipinski definition) is 5. The Morgan fingerprint density at radius 2 is 1.18 bits per heavy atom. The molecule has 4 heterocycles. The van der Waals surface area contributed by atoms with Gasteiger partial charge in [-0.25, -0.2) is 4.98 Å². The van der Waals surface area contributed by atoms with Crippen molar-refractivity contribution in [3.63, 3.8) is 0 Å². The molecule has 0 atom stereocenters. The van der Waals surface area contributed by atoms with Gasteiger partial charge in [-0.05, 0) is 78.9 Å². The van der Waals surface area contributed by atoms with Gasteiger partial charge in [0.05, 0.1) is 16.7 Å². The van der Waals surface area contributed by atoms with Crippen LogP contribution in [0.4, 0.5) is 17.1 Å². The minimum absolute atomic E-state index is 0.597. The average molecular weight is 724 g/mol. The highest BCUT2D eigenvalue weighted by molar-refractivity contribution is 7.25. The second kappa shape index (κ2) is 11.7. The Bertz CT molecular complexity index is 3450. The van der Waals surface area contributed by atoms with Gasteiger partial charge >= 0.3 is 0 Å². The number of para-hydroxylation sites is 3. The van der Waals surface area contributed by atoms with Gasteiger partial charge in [0, 0.05) is 70.4 Å². The van der Waals surface area contributed by atoms with E-state index in [9.17, 15) is 0 Å². The summed E-state index contributed by atoms with van der Waals surface area (Å²) < 4.78 is 18.0. The molecule has 0 fully saturated rings. The van der Waals surface area contributed by atoms with Crippen molar-refractivity contribution in [2.24, 2.45) is 0 Å². The topological polar surface area (TPSA) is 47.3 Å². The van der Waals surface area contributed by atoms with Gasteiger partial charge in [-0.15, -0.1) is 11.3 Å². The minimum Gasteiger partial charge on any atom is -0.454 e. The van der Waals surface area contributed by atoms with Crippen LogP contribution in [0.3, 0.4) is 0 Å². The molecule has 0 N–H and O–H groups in total. The first-order chi connectivity index (χ1) is 27.2. The van der Waals surface area contributed by atoms with Crippen molar-refractivity contribution >= 4 is 103 Å². The zero-order valence-electron chi connectivity index (χ0n) is 29.3. The number of rotatable bonds is 5. The molecule has 0 amide bonds. The number of aromatic nitrogens is 2. The predicted molar refractivity (Wildman–Crippen MR) is 229 cm³/mol. The Kier molecular flexibility index (Phi) is 6.44. The lowest BCUT2D eigenvalue weighted by Crippen LogP contribution is -2.10. The van der Waals surface area contributed by atoms with E-state index in [0.717, 1.165) is 66.9 Å². The number of hydrogen-bond donors (Lipinski definition) is 0. The summed E-state index contributed by atoms with van der Waals surface area (Å²) in [4.78, 5) is 7.19. The molecule has 0 aliphatic heterocycles. The van der Waals surface area contributed by atoms with Crippen LogP contribution in [0, 0.1) is 0 Å². The average Bonchev–Trinajstić information content (AvgIpc) is 4.01. The van der Waals surface area contributed by atoms with Gasteiger partial charge in [-0.1, -0.05) is 91.0 Å². The first-order valence-corrected chi connectivity index (χ1v) is 19.2. The summed E-state index contributed by atoms with van der Waals surface area (Å²) in [7, 11) is 0. The minimum atomic E-state index is 0.597. The van der Waals surface area contributed by atoms with E-state index in [-0.39, 0.29) is 0 Å². The molecule has 0 saturated heterocycles. The third-order valence-corrected chi connectivity index (χ3v) is 11.9. The Morgan fingerprint density at radius 3 is 2.07 bits per heavy atom. The molecule has 5 nitrogen and oxygen atoms in total. The normalized spacial score (nSPS) is 12.0. The molecule has 4 aromatic heterocycles. The zero-order valence-corrected chi connectivity index (χ0v) is 30.1. The molecular weight excluding hydrogens is 695 g/mol. The smallest absolute Gasteiger partial charge is 0.227 e. The molecule has 0 radical (unpaired) electrons. The standard InChI is InChI=1S/C49H29N3O2S/c1-3-12-30(13-4-1)49-50-40-29-44-39(28-45(40)54-49)37-18-11-20-43(48(37)53-44)51(33-22-24-36-35-17-8-10-21-46(35)55-47(36)27-33)32-23-25-42-38(26-32)34-16-7-9-19-41(34)52(42)31-14-5-2-6-15-31/h1-29H. The summed E-state index contributed by atoms with van der Waals surface area (Å²) in [5.41, 5.74) is 10.5. The molecule has 0 saturated carbocycles. The van der Waals surface area contributed by atoms with Crippen LogP contribution in [-0.4, -0.2) is 9.55 Å². The van der Waals surface area contributed by atoms with Gasteiger partial charge in [0.15, 0.2) is 11.2 Å². The van der Waals surface area contributed by atoms with Gasteiger partial charge in [0.1, 0.15) is 11.1 Å². The zero-order chi connectivity index (χ0) is 36.0. The van der Waals surface area contributed by atoms with E-state index in [1.807, 2.05) is 47.7 Å². The van der Waals surface area contributed by atoms with Gasteiger partial charge < -0.3 is 18.3 Å². The summed E-state index contributed by atoms with van der Waals surface area (Å²) in [6.07, 6.45) is 0. The molecule has 0 unspecified atom stereocenters. The molecule has 0 aliphatic rings. The quantitative estimate of drug-likeness (QED) is 0.177. The van der Waals surface area contributed by atoms with Crippen molar-refractivity contribution in [1.82, 2.24) is 9.55 Å². The number of oxazole rings is 1. The van der Waals surface area contributed by atoms with Crippen molar-refractivity contribution in [3.8, 4) is 17.1 Å². The molecule has 0 bridgehead atoms. The van der Waals surface area contributed by atoms with Crippen LogP contribution < -0.4 is 4.90 Å². The Labute approximate surface area is 318 Å². The van der Waals surface area contributed by atoms with Crippen LogP contribution in [0.2, 0.25) is 0 Å². The second-order valence-corrected chi connectivity index (χ2v) is 15.0. The van der Waals surface area contributed by atoms with Crippen LogP contribution in [-0.2, 0) is 0 Å². The maximum Gasteiger partial charge on any atom is 0.227 e. The number of furan rings is 1. The number of thiophene rings is 1. The van der Waals surface area contributed by atoms with E-state index in [2.05, 4.69) is 149 Å². The second-order valence-electron chi connectivity index (χ2n) is 14.0. The fourth-order valence-corrected chi connectivity index (χ4v) is 9.46. The molecule has 258 valence electrons. The van der Waals surface area contributed by atoms with E-state index in [1.54, 1.807) is 0 Å². The molecule has 8 aromatic carbocycles. The van der Waals surface area contributed by atoms with Gasteiger partial charge in [-0.2, -0.15) is 0 Å². The van der Waals surface area contributed by atoms with E-state index in [4.69, 9.17) is 13.8 Å². The summed E-state index contributed by atoms with van der Waals surface area (Å²) in [6.45, 7) is 0. The third kappa shape index (κ3) is 4.62. The summed E-state index contributed by atoms with van der Waals surface area (Å²) in [5.74, 6) is 0.597. The molecule has 12 rings (SSSR count). The number of benzene rings is 8. The van der Waals surface area contributed by atoms with Crippen molar-refractivity contribution < 1.29 is 8.83 Å². The molecule has 55 heavy (non-hydrogen) atoms. The molecule has 0 spiro atoms. The lowest BCUT2D eigenvalue weighted by molar-refractivity contribution is 0.620. The first kappa shape index (κ1) is 30.3. The fraction of sp³-hybridized carbons (Fsp3) is 0. The predicted octanol–water partition coefficient (Wildman–Crippen LogP) is 14.3. The first-order valence-electron chi connectivity index (χ1n) is 18.4. The lowest BCUT2D eigenvalue weighted by atomic mass is 10.1. The summed E-state index contributed by atoms with van der Waals surface area (Å²) in [6, 6.07) is 62.1. The Hall–Kier alpha value is -7.15. The summed E-state index contributed by atoms with van der Waals surface area (Å²) in [5, 5.41) is 6.93. The Morgan fingerprint density at radius 1 is 0.473 bits per heavy atom. The van der Waals surface area contributed by atoms with E-state index >= 15 is 0 Å². The van der Waals surface area contributed by atoms with Crippen LogP contribution >= 0.6 is 11.3 Å². The SMILES string of the molecule is c1ccc(-c2nc3cc4oc5c(N(c6ccc7c(c6)sc6ccccc67)c6ccc7c(c6)c6ccccc6n7-c6ccccc6)cccc5c4cc3o2)cc1.